The molecule has 19 heavy (non-hydrogen) atoms. The summed E-state index contributed by atoms with van der Waals surface area (Å²) < 4.78 is 13.3. The minimum Gasteiger partial charge on any atom is -0.508 e. The molecular formula is C16H24FNO. The lowest BCUT2D eigenvalue weighted by molar-refractivity contribution is 0.124. The first-order valence-corrected chi connectivity index (χ1v) is 7.19. The summed E-state index contributed by atoms with van der Waals surface area (Å²) in [6, 6.07) is 4.75. The van der Waals surface area contributed by atoms with Crippen molar-refractivity contribution in [3.05, 3.63) is 29.6 Å². The standard InChI is InChI=1S/C16H24FNO/c1-11-5-4-6-14(9-11)18(3)12(2)15-10-13(17)7-8-16(15)19/h7-8,10-12,14,19H,4-6,9H2,1-3H3. The van der Waals surface area contributed by atoms with Crippen LogP contribution >= 0.6 is 0 Å². The van der Waals surface area contributed by atoms with Gasteiger partial charge >= 0.3 is 0 Å². The van der Waals surface area contributed by atoms with Gasteiger partial charge in [0.1, 0.15) is 11.6 Å². The Morgan fingerprint density at radius 1 is 1.37 bits per heavy atom. The Kier molecular flexibility index (Phi) is 4.46. The molecule has 0 radical (unpaired) electrons. The summed E-state index contributed by atoms with van der Waals surface area (Å²) in [5, 5.41) is 9.91. The summed E-state index contributed by atoms with van der Waals surface area (Å²) >= 11 is 0. The smallest absolute Gasteiger partial charge is 0.123 e. The molecule has 1 aromatic rings. The molecule has 0 saturated heterocycles. The van der Waals surface area contributed by atoms with E-state index < -0.39 is 0 Å². The molecule has 0 spiro atoms. The predicted octanol–water partition coefficient (Wildman–Crippen LogP) is 4.10. The molecule has 106 valence electrons. The van der Waals surface area contributed by atoms with Crippen molar-refractivity contribution < 1.29 is 9.50 Å². The molecule has 3 atom stereocenters. The van der Waals surface area contributed by atoms with Crippen molar-refractivity contribution >= 4 is 0 Å². The normalized spacial score (nSPS) is 25.5. The molecule has 0 bridgehead atoms. The van der Waals surface area contributed by atoms with Crippen LogP contribution in [0.1, 0.15) is 51.1 Å². The van der Waals surface area contributed by atoms with Crippen molar-refractivity contribution in [2.75, 3.05) is 7.05 Å². The molecule has 1 N–H and O–H groups in total. The lowest BCUT2D eigenvalue weighted by Gasteiger charge is -2.38. The van der Waals surface area contributed by atoms with E-state index in [1.807, 2.05) is 6.92 Å². The Hall–Kier alpha value is -1.09. The highest BCUT2D eigenvalue weighted by molar-refractivity contribution is 5.35. The van der Waals surface area contributed by atoms with Gasteiger partial charge in [-0.3, -0.25) is 4.90 Å². The first-order valence-electron chi connectivity index (χ1n) is 7.19. The maximum Gasteiger partial charge on any atom is 0.123 e. The van der Waals surface area contributed by atoms with Crippen molar-refractivity contribution in [3.8, 4) is 5.75 Å². The molecular weight excluding hydrogens is 241 g/mol. The average Bonchev–Trinajstić information content (AvgIpc) is 2.40. The Morgan fingerprint density at radius 3 is 2.79 bits per heavy atom. The first kappa shape index (κ1) is 14.3. The lowest BCUT2D eigenvalue weighted by Crippen LogP contribution is -2.37. The van der Waals surface area contributed by atoms with Gasteiger partial charge in [0.25, 0.3) is 0 Å². The van der Waals surface area contributed by atoms with Crippen LogP contribution in [0, 0.1) is 11.7 Å². The molecule has 0 aromatic heterocycles. The molecule has 1 saturated carbocycles. The third kappa shape index (κ3) is 3.27. The second-order valence-corrected chi connectivity index (χ2v) is 5.97. The van der Waals surface area contributed by atoms with Crippen LogP contribution in [0.3, 0.4) is 0 Å². The van der Waals surface area contributed by atoms with Crippen molar-refractivity contribution in [1.29, 1.82) is 0 Å². The number of phenols is 1. The van der Waals surface area contributed by atoms with Crippen LogP contribution in [0.4, 0.5) is 4.39 Å². The molecule has 3 unspecified atom stereocenters. The number of halogens is 1. The fraction of sp³-hybridized carbons (Fsp3) is 0.625. The maximum absolute atomic E-state index is 13.3. The highest BCUT2D eigenvalue weighted by atomic mass is 19.1. The van der Waals surface area contributed by atoms with Crippen LogP contribution in [-0.2, 0) is 0 Å². The third-order valence-corrected chi connectivity index (χ3v) is 4.54. The van der Waals surface area contributed by atoms with Gasteiger partial charge in [0.05, 0.1) is 0 Å². The number of hydrogen-bond acceptors (Lipinski definition) is 2. The lowest BCUT2D eigenvalue weighted by atomic mass is 9.85. The van der Waals surface area contributed by atoms with Gasteiger partial charge in [0.15, 0.2) is 0 Å². The topological polar surface area (TPSA) is 23.5 Å². The minimum absolute atomic E-state index is 0.0333. The summed E-state index contributed by atoms with van der Waals surface area (Å²) in [6.07, 6.45) is 4.96. The van der Waals surface area contributed by atoms with Crippen LogP contribution in [-0.4, -0.2) is 23.1 Å². The van der Waals surface area contributed by atoms with Gasteiger partial charge in [-0.15, -0.1) is 0 Å². The summed E-state index contributed by atoms with van der Waals surface area (Å²) in [5.41, 5.74) is 0.681. The first-order chi connectivity index (χ1) is 8.99. The highest BCUT2D eigenvalue weighted by Crippen LogP contribution is 2.34. The van der Waals surface area contributed by atoms with Crippen LogP contribution in [0.2, 0.25) is 0 Å². The molecule has 3 heteroatoms. The predicted molar refractivity (Wildman–Crippen MR) is 75.7 cm³/mol. The Balaban J connectivity index is 2.13. The Morgan fingerprint density at radius 2 is 2.11 bits per heavy atom. The zero-order valence-corrected chi connectivity index (χ0v) is 12.1. The van der Waals surface area contributed by atoms with E-state index in [9.17, 15) is 9.50 Å². The molecule has 1 aliphatic rings. The minimum atomic E-state index is -0.287. The van der Waals surface area contributed by atoms with Crippen molar-refractivity contribution in [1.82, 2.24) is 4.90 Å². The van der Waals surface area contributed by atoms with Crippen LogP contribution in [0.5, 0.6) is 5.75 Å². The van der Waals surface area contributed by atoms with E-state index in [0.29, 0.717) is 11.6 Å². The van der Waals surface area contributed by atoms with Crippen LogP contribution in [0.25, 0.3) is 0 Å². The number of hydrogen-bond donors (Lipinski definition) is 1. The SMILES string of the molecule is CC1CCCC(N(C)C(C)c2cc(F)ccc2O)C1. The molecule has 1 aliphatic carbocycles. The number of benzene rings is 1. The molecule has 0 amide bonds. The fourth-order valence-corrected chi connectivity index (χ4v) is 3.17. The highest BCUT2D eigenvalue weighted by Gasteiger charge is 2.27. The quantitative estimate of drug-likeness (QED) is 0.889. The van der Waals surface area contributed by atoms with E-state index in [-0.39, 0.29) is 17.6 Å². The van der Waals surface area contributed by atoms with E-state index in [1.165, 1.54) is 43.9 Å². The van der Waals surface area contributed by atoms with Gasteiger partial charge in [0.2, 0.25) is 0 Å². The largest absolute Gasteiger partial charge is 0.508 e. The van der Waals surface area contributed by atoms with E-state index in [0.717, 1.165) is 5.92 Å². The van der Waals surface area contributed by atoms with E-state index in [4.69, 9.17) is 0 Å². The molecule has 0 aliphatic heterocycles. The second kappa shape index (κ2) is 5.91. The Labute approximate surface area is 115 Å². The van der Waals surface area contributed by atoms with E-state index in [2.05, 4.69) is 18.9 Å². The van der Waals surface area contributed by atoms with Gasteiger partial charge in [-0.1, -0.05) is 19.8 Å². The zero-order valence-electron chi connectivity index (χ0n) is 12.1. The van der Waals surface area contributed by atoms with E-state index >= 15 is 0 Å². The molecule has 2 rings (SSSR count). The fourth-order valence-electron chi connectivity index (χ4n) is 3.17. The number of phenolic OH excluding ortho intramolecular Hbond substituents is 1. The van der Waals surface area contributed by atoms with Gasteiger partial charge in [-0.25, -0.2) is 4.39 Å². The van der Waals surface area contributed by atoms with Crippen molar-refractivity contribution in [2.24, 2.45) is 5.92 Å². The second-order valence-electron chi connectivity index (χ2n) is 5.97. The molecule has 1 fully saturated rings. The van der Waals surface area contributed by atoms with Gasteiger partial charge in [0, 0.05) is 17.6 Å². The van der Waals surface area contributed by atoms with Crippen LogP contribution < -0.4 is 0 Å². The van der Waals surface area contributed by atoms with Gasteiger partial charge < -0.3 is 5.11 Å². The van der Waals surface area contributed by atoms with E-state index in [1.54, 1.807) is 0 Å². The Bertz CT molecular complexity index is 435. The average molecular weight is 265 g/mol. The maximum atomic E-state index is 13.3. The summed E-state index contributed by atoms with van der Waals surface area (Å²) in [4.78, 5) is 2.28. The monoisotopic (exact) mass is 265 g/mol. The number of aromatic hydroxyl groups is 1. The van der Waals surface area contributed by atoms with Gasteiger partial charge in [-0.05, 0) is 50.9 Å². The summed E-state index contributed by atoms with van der Waals surface area (Å²) in [5.74, 6) is 0.657. The third-order valence-electron chi connectivity index (χ3n) is 4.54. The molecule has 1 aromatic carbocycles. The number of nitrogens with zero attached hydrogens (tertiary/aromatic N) is 1. The van der Waals surface area contributed by atoms with Crippen molar-refractivity contribution in [2.45, 2.75) is 51.6 Å². The number of rotatable bonds is 3. The summed E-state index contributed by atoms with van der Waals surface area (Å²) in [6.45, 7) is 4.33. The summed E-state index contributed by atoms with van der Waals surface area (Å²) in [7, 11) is 2.08. The van der Waals surface area contributed by atoms with Gasteiger partial charge in [-0.2, -0.15) is 0 Å². The van der Waals surface area contributed by atoms with Crippen LogP contribution in [0.15, 0.2) is 18.2 Å². The zero-order chi connectivity index (χ0) is 14.0. The molecule has 2 nitrogen and oxygen atoms in total. The van der Waals surface area contributed by atoms with Crippen molar-refractivity contribution in [3.63, 3.8) is 0 Å². The molecule has 0 heterocycles.